The molecule has 0 aromatic rings. The van der Waals surface area contributed by atoms with E-state index < -0.39 is 0 Å². The van der Waals surface area contributed by atoms with Gasteiger partial charge in [0, 0.05) is 10.8 Å². The topological polar surface area (TPSA) is 17.1 Å². The van der Waals surface area contributed by atoms with Crippen molar-refractivity contribution in [3.63, 3.8) is 0 Å². The van der Waals surface area contributed by atoms with Crippen LogP contribution < -0.4 is 0 Å². The number of Topliss-reactive ketones (excluding diaryl/α,β-unsaturated/α-hetero) is 1. The predicted octanol–water partition coefficient (Wildman–Crippen LogP) is 5.62. The lowest BCUT2D eigenvalue weighted by molar-refractivity contribution is -0.141. The van der Waals surface area contributed by atoms with Crippen LogP contribution in [0.15, 0.2) is 0 Å². The van der Waals surface area contributed by atoms with Gasteiger partial charge in [0.15, 0.2) is 0 Å². The number of carbonyl (C=O) groups excluding carboxylic acids is 1. The van der Waals surface area contributed by atoms with Gasteiger partial charge in [0.2, 0.25) is 0 Å². The minimum absolute atomic E-state index is 0.00251. The molecule has 4 rings (SSSR count). The molecule has 1 nitrogen and oxygen atoms in total. The number of carbonyl (C=O) groups is 1. The van der Waals surface area contributed by atoms with E-state index in [4.69, 9.17) is 0 Å². The maximum atomic E-state index is 13.0. The summed E-state index contributed by atoms with van der Waals surface area (Å²) in [6.45, 7) is 9.36. The van der Waals surface area contributed by atoms with Crippen molar-refractivity contribution in [2.45, 2.75) is 85.5 Å². The van der Waals surface area contributed by atoms with Crippen molar-refractivity contribution in [3.05, 3.63) is 0 Å². The van der Waals surface area contributed by atoms with Gasteiger partial charge in [0.05, 0.1) is 0 Å². The SMILES string of the molecule is CC1(C)C[C@H]2[C@@H]3CCC4CCCC[C@]4(C)[C@@H]3CC[C@]2(C)C1=O. The fourth-order valence-corrected chi connectivity index (χ4v) is 7.69. The van der Waals surface area contributed by atoms with E-state index in [0.29, 0.717) is 17.1 Å². The Morgan fingerprint density at radius 3 is 2.41 bits per heavy atom. The van der Waals surface area contributed by atoms with Crippen LogP contribution in [0.25, 0.3) is 0 Å². The lowest BCUT2D eigenvalue weighted by Crippen LogP contribution is -2.52. The molecule has 0 bridgehead atoms. The fraction of sp³-hybridized carbons (Fsp3) is 0.952. The lowest BCUT2D eigenvalue weighted by Gasteiger charge is -2.59. The van der Waals surface area contributed by atoms with Gasteiger partial charge in [-0.05, 0) is 74.0 Å². The molecule has 0 spiro atoms. The van der Waals surface area contributed by atoms with E-state index in [1.165, 1.54) is 51.4 Å². The van der Waals surface area contributed by atoms with Crippen LogP contribution in [0, 0.1) is 39.9 Å². The molecule has 0 heterocycles. The Labute approximate surface area is 136 Å². The Hall–Kier alpha value is -0.330. The van der Waals surface area contributed by atoms with E-state index in [1.54, 1.807) is 0 Å². The summed E-state index contributed by atoms with van der Waals surface area (Å²) >= 11 is 0. The highest BCUT2D eigenvalue weighted by molar-refractivity contribution is 5.92. The van der Waals surface area contributed by atoms with Crippen molar-refractivity contribution in [2.24, 2.45) is 39.9 Å². The molecule has 1 heteroatoms. The minimum atomic E-state index is -0.0708. The van der Waals surface area contributed by atoms with Gasteiger partial charge >= 0.3 is 0 Å². The van der Waals surface area contributed by atoms with Crippen LogP contribution in [-0.4, -0.2) is 5.78 Å². The van der Waals surface area contributed by atoms with Gasteiger partial charge in [-0.25, -0.2) is 0 Å². The van der Waals surface area contributed by atoms with Crippen LogP contribution in [0.1, 0.15) is 85.5 Å². The summed E-state index contributed by atoms with van der Waals surface area (Å²) in [5, 5.41) is 0. The van der Waals surface area contributed by atoms with Gasteiger partial charge < -0.3 is 0 Å². The molecule has 4 aliphatic carbocycles. The molecule has 0 aromatic heterocycles. The van der Waals surface area contributed by atoms with Crippen molar-refractivity contribution in [1.29, 1.82) is 0 Å². The van der Waals surface area contributed by atoms with Crippen LogP contribution in [0.2, 0.25) is 0 Å². The van der Waals surface area contributed by atoms with Crippen LogP contribution in [0.5, 0.6) is 0 Å². The number of hydrogen-bond donors (Lipinski definition) is 0. The summed E-state index contributed by atoms with van der Waals surface area (Å²) in [7, 11) is 0. The molecule has 4 saturated carbocycles. The monoisotopic (exact) mass is 302 g/mol. The first-order valence-electron chi connectivity index (χ1n) is 9.84. The van der Waals surface area contributed by atoms with E-state index in [9.17, 15) is 4.79 Å². The first-order chi connectivity index (χ1) is 10.3. The van der Waals surface area contributed by atoms with Crippen LogP contribution in [0.4, 0.5) is 0 Å². The van der Waals surface area contributed by atoms with Crippen molar-refractivity contribution in [2.75, 3.05) is 0 Å². The summed E-state index contributed by atoms with van der Waals surface area (Å²) in [6, 6.07) is 0. The average Bonchev–Trinajstić information content (AvgIpc) is 2.66. The second-order valence-electron chi connectivity index (χ2n) is 10.3. The smallest absolute Gasteiger partial charge is 0.144 e. The predicted molar refractivity (Wildman–Crippen MR) is 90.5 cm³/mol. The Morgan fingerprint density at radius 2 is 1.64 bits per heavy atom. The van der Waals surface area contributed by atoms with E-state index >= 15 is 0 Å². The zero-order chi connectivity index (χ0) is 15.8. The van der Waals surface area contributed by atoms with E-state index in [-0.39, 0.29) is 10.8 Å². The Kier molecular flexibility index (Phi) is 3.18. The van der Waals surface area contributed by atoms with Crippen LogP contribution >= 0.6 is 0 Å². The number of rotatable bonds is 0. The van der Waals surface area contributed by atoms with Gasteiger partial charge in [0.25, 0.3) is 0 Å². The molecule has 0 radical (unpaired) electrons. The molecule has 0 saturated heterocycles. The normalized spacial score (nSPS) is 53.5. The molecule has 0 aromatic carbocycles. The summed E-state index contributed by atoms with van der Waals surface area (Å²) in [5.41, 5.74) is 0.527. The standard InChI is InChI=1S/C21H34O/c1-19(2)13-17-15-9-8-14-7-5-6-11-20(14,3)16(15)10-12-21(17,4)18(19)22/h14-17H,5-13H2,1-4H3/t14?,15-,16-,17+,20+,21+/m1/s1. The summed E-state index contributed by atoms with van der Waals surface area (Å²) < 4.78 is 0. The zero-order valence-electron chi connectivity index (χ0n) is 15.1. The third-order valence-electron chi connectivity index (χ3n) is 8.84. The van der Waals surface area contributed by atoms with E-state index in [2.05, 4.69) is 27.7 Å². The number of fused-ring (bicyclic) bond motifs is 5. The molecule has 6 atom stereocenters. The van der Waals surface area contributed by atoms with Gasteiger partial charge in [0.1, 0.15) is 5.78 Å². The summed E-state index contributed by atoms with van der Waals surface area (Å²) in [4.78, 5) is 13.0. The molecule has 0 N–H and O–H groups in total. The molecular weight excluding hydrogens is 268 g/mol. The Bertz CT molecular complexity index is 492. The number of hydrogen-bond acceptors (Lipinski definition) is 1. The first kappa shape index (κ1) is 15.2. The summed E-state index contributed by atoms with van der Waals surface area (Å²) in [5.74, 6) is 3.99. The highest BCUT2D eigenvalue weighted by Gasteiger charge is 2.63. The van der Waals surface area contributed by atoms with E-state index in [0.717, 1.165) is 24.2 Å². The van der Waals surface area contributed by atoms with Gasteiger partial charge in [-0.2, -0.15) is 0 Å². The molecule has 0 aliphatic heterocycles. The maximum Gasteiger partial charge on any atom is 0.144 e. The maximum absolute atomic E-state index is 13.0. The second kappa shape index (κ2) is 4.61. The lowest BCUT2D eigenvalue weighted by atomic mass is 9.45. The second-order valence-corrected chi connectivity index (χ2v) is 10.3. The molecule has 124 valence electrons. The summed E-state index contributed by atoms with van der Waals surface area (Å²) in [6.07, 6.45) is 12.4. The molecule has 4 aliphatic rings. The third kappa shape index (κ3) is 1.80. The highest BCUT2D eigenvalue weighted by atomic mass is 16.1. The average molecular weight is 303 g/mol. The Balaban J connectivity index is 1.68. The number of ketones is 1. The molecular formula is C21H34O. The van der Waals surface area contributed by atoms with Crippen molar-refractivity contribution in [1.82, 2.24) is 0 Å². The Morgan fingerprint density at radius 1 is 0.864 bits per heavy atom. The minimum Gasteiger partial charge on any atom is -0.298 e. The van der Waals surface area contributed by atoms with Crippen molar-refractivity contribution < 1.29 is 4.79 Å². The van der Waals surface area contributed by atoms with Crippen molar-refractivity contribution in [3.8, 4) is 0 Å². The van der Waals surface area contributed by atoms with Gasteiger partial charge in [-0.3, -0.25) is 4.79 Å². The van der Waals surface area contributed by atoms with E-state index in [1.807, 2.05) is 0 Å². The van der Waals surface area contributed by atoms with Crippen LogP contribution in [-0.2, 0) is 4.79 Å². The van der Waals surface area contributed by atoms with Crippen molar-refractivity contribution >= 4 is 5.78 Å². The third-order valence-corrected chi connectivity index (χ3v) is 8.84. The zero-order valence-corrected chi connectivity index (χ0v) is 15.1. The molecule has 1 unspecified atom stereocenters. The molecule has 22 heavy (non-hydrogen) atoms. The van der Waals surface area contributed by atoms with Crippen LogP contribution in [0.3, 0.4) is 0 Å². The fourth-order valence-electron chi connectivity index (χ4n) is 7.69. The first-order valence-corrected chi connectivity index (χ1v) is 9.84. The van der Waals surface area contributed by atoms with Gasteiger partial charge in [-0.1, -0.05) is 40.5 Å². The molecule has 4 fully saturated rings. The largest absolute Gasteiger partial charge is 0.298 e. The van der Waals surface area contributed by atoms with Gasteiger partial charge in [-0.15, -0.1) is 0 Å². The molecule has 0 amide bonds. The quantitative estimate of drug-likeness (QED) is 0.567. The highest BCUT2D eigenvalue weighted by Crippen LogP contribution is 2.67.